The summed E-state index contributed by atoms with van der Waals surface area (Å²) in [6.07, 6.45) is 10.1. The molecule has 1 aliphatic heterocycles. The van der Waals surface area contributed by atoms with Crippen molar-refractivity contribution in [2.75, 3.05) is 31.1 Å². The first kappa shape index (κ1) is 20.4. The molecule has 32 heavy (non-hydrogen) atoms. The van der Waals surface area contributed by atoms with Gasteiger partial charge in [0.05, 0.1) is 0 Å². The fourth-order valence-electron chi connectivity index (χ4n) is 4.28. The summed E-state index contributed by atoms with van der Waals surface area (Å²) >= 11 is 0. The highest BCUT2D eigenvalue weighted by Gasteiger charge is 2.25. The standard InChI is InChI=1S/C24H27N7O/c32-21(29-14-16-30(17-15-29)24-25-12-7-13-26-24)18-31-23(20-10-5-2-6-11-20)27-22(28-31)19-8-3-1-4-9-19/h1,3-4,7-10,12-13H,2,5-6,11,14-18H2. The predicted octanol–water partition coefficient (Wildman–Crippen LogP) is 3.04. The smallest absolute Gasteiger partial charge is 0.244 e. The predicted molar refractivity (Wildman–Crippen MR) is 123 cm³/mol. The fraction of sp³-hybridized carbons (Fsp3) is 0.375. The Bertz CT molecular complexity index is 1090. The van der Waals surface area contributed by atoms with Gasteiger partial charge in [0, 0.05) is 44.1 Å². The molecule has 1 fully saturated rings. The number of benzene rings is 1. The molecule has 1 aromatic carbocycles. The number of nitrogens with zero attached hydrogens (tertiary/aromatic N) is 7. The van der Waals surface area contributed by atoms with E-state index in [1.165, 1.54) is 12.0 Å². The van der Waals surface area contributed by atoms with E-state index < -0.39 is 0 Å². The second-order valence-electron chi connectivity index (χ2n) is 8.17. The fourth-order valence-corrected chi connectivity index (χ4v) is 4.28. The van der Waals surface area contributed by atoms with E-state index in [9.17, 15) is 4.79 Å². The van der Waals surface area contributed by atoms with Crippen LogP contribution in [0, 0.1) is 0 Å². The third-order valence-corrected chi connectivity index (χ3v) is 6.03. The van der Waals surface area contributed by atoms with Crippen LogP contribution in [0.15, 0.2) is 54.9 Å². The Hall–Kier alpha value is -3.55. The van der Waals surface area contributed by atoms with Crippen LogP contribution in [0.1, 0.15) is 31.5 Å². The van der Waals surface area contributed by atoms with E-state index >= 15 is 0 Å². The zero-order chi connectivity index (χ0) is 21.8. The molecule has 0 bridgehead atoms. The number of amides is 1. The summed E-state index contributed by atoms with van der Waals surface area (Å²) in [5.74, 6) is 2.29. The SMILES string of the molecule is O=C(Cn1nc(-c2ccccc2)nc1C1=CCCCC1)N1CCN(c2ncccn2)CC1. The Morgan fingerprint density at radius 1 is 0.938 bits per heavy atom. The quantitative estimate of drug-likeness (QED) is 0.620. The maximum Gasteiger partial charge on any atom is 0.244 e. The molecule has 0 saturated carbocycles. The highest BCUT2D eigenvalue weighted by molar-refractivity contribution is 5.77. The molecular formula is C24H27N7O. The van der Waals surface area contributed by atoms with Crippen LogP contribution in [0.2, 0.25) is 0 Å². The van der Waals surface area contributed by atoms with E-state index in [2.05, 4.69) is 20.9 Å². The molecule has 164 valence electrons. The topological polar surface area (TPSA) is 80.0 Å². The van der Waals surface area contributed by atoms with Crippen molar-refractivity contribution in [3.8, 4) is 11.4 Å². The average Bonchev–Trinajstić information content (AvgIpc) is 3.29. The minimum Gasteiger partial charge on any atom is -0.338 e. The van der Waals surface area contributed by atoms with Gasteiger partial charge in [0.2, 0.25) is 11.9 Å². The van der Waals surface area contributed by atoms with Crippen molar-refractivity contribution in [2.45, 2.75) is 32.2 Å². The second kappa shape index (κ2) is 9.30. The molecule has 5 rings (SSSR count). The molecule has 2 aliphatic rings. The van der Waals surface area contributed by atoms with Crippen molar-refractivity contribution in [3.63, 3.8) is 0 Å². The number of hydrogen-bond donors (Lipinski definition) is 0. The lowest BCUT2D eigenvalue weighted by Gasteiger charge is -2.34. The first-order valence-corrected chi connectivity index (χ1v) is 11.3. The van der Waals surface area contributed by atoms with Crippen LogP contribution >= 0.6 is 0 Å². The van der Waals surface area contributed by atoms with Crippen LogP contribution in [0.3, 0.4) is 0 Å². The number of aromatic nitrogens is 5. The summed E-state index contributed by atoms with van der Waals surface area (Å²) in [6.45, 7) is 2.94. The number of hydrogen-bond acceptors (Lipinski definition) is 6. The van der Waals surface area contributed by atoms with E-state index in [4.69, 9.17) is 10.1 Å². The highest BCUT2D eigenvalue weighted by Crippen LogP contribution is 2.27. The average molecular weight is 430 g/mol. The number of carbonyl (C=O) groups is 1. The summed E-state index contributed by atoms with van der Waals surface area (Å²) in [7, 11) is 0. The number of allylic oxidation sites excluding steroid dienone is 2. The second-order valence-corrected chi connectivity index (χ2v) is 8.17. The van der Waals surface area contributed by atoms with Crippen molar-refractivity contribution in [1.29, 1.82) is 0 Å². The van der Waals surface area contributed by atoms with Crippen LogP contribution in [0.25, 0.3) is 17.0 Å². The Morgan fingerprint density at radius 3 is 2.44 bits per heavy atom. The van der Waals surface area contributed by atoms with E-state index in [0.717, 1.165) is 49.7 Å². The van der Waals surface area contributed by atoms with Crippen LogP contribution in [0.4, 0.5) is 5.95 Å². The molecule has 1 saturated heterocycles. The van der Waals surface area contributed by atoms with Crippen molar-refractivity contribution < 1.29 is 4.79 Å². The first-order chi connectivity index (χ1) is 15.8. The molecule has 3 heterocycles. The van der Waals surface area contributed by atoms with Gasteiger partial charge in [-0.1, -0.05) is 36.4 Å². The molecule has 1 aliphatic carbocycles. The number of piperazine rings is 1. The summed E-state index contributed by atoms with van der Waals surface area (Å²) in [4.78, 5) is 30.7. The van der Waals surface area contributed by atoms with Gasteiger partial charge in [0.25, 0.3) is 0 Å². The zero-order valence-corrected chi connectivity index (χ0v) is 18.1. The monoisotopic (exact) mass is 429 g/mol. The maximum absolute atomic E-state index is 13.2. The molecule has 2 aromatic heterocycles. The minimum absolute atomic E-state index is 0.0702. The van der Waals surface area contributed by atoms with Crippen LogP contribution in [-0.2, 0) is 11.3 Å². The number of rotatable bonds is 5. The van der Waals surface area contributed by atoms with Crippen molar-refractivity contribution in [1.82, 2.24) is 29.6 Å². The van der Waals surface area contributed by atoms with Gasteiger partial charge in [0.1, 0.15) is 6.54 Å². The molecule has 3 aromatic rings. The lowest BCUT2D eigenvalue weighted by atomic mass is 9.99. The molecule has 0 spiro atoms. The van der Waals surface area contributed by atoms with Gasteiger partial charge in [0.15, 0.2) is 11.6 Å². The van der Waals surface area contributed by atoms with E-state index in [0.29, 0.717) is 18.9 Å². The summed E-state index contributed by atoms with van der Waals surface area (Å²) in [6, 6.07) is 11.8. The summed E-state index contributed by atoms with van der Waals surface area (Å²) in [5.41, 5.74) is 2.16. The van der Waals surface area contributed by atoms with E-state index in [1.807, 2.05) is 41.3 Å². The Labute approximate surface area is 187 Å². The molecular weight excluding hydrogens is 402 g/mol. The van der Waals surface area contributed by atoms with E-state index in [1.54, 1.807) is 17.1 Å². The number of carbonyl (C=O) groups excluding carboxylic acids is 1. The number of anilines is 1. The molecule has 1 amide bonds. The van der Waals surface area contributed by atoms with Gasteiger partial charge in [-0.3, -0.25) is 4.79 Å². The molecule has 0 N–H and O–H groups in total. The molecule has 0 atom stereocenters. The van der Waals surface area contributed by atoms with Gasteiger partial charge in [-0.25, -0.2) is 19.6 Å². The maximum atomic E-state index is 13.2. The van der Waals surface area contributed by atoms with E-state index in [-0.39, 0.29) is 12.5 Å². The molecule has 0 radical (unpaired) electrons. The van der Waals surface area contributed by atoms with Crippen molar-refractivity contribution >= 4 is 17.4 Å². The molecule has 0 unspecified atom stereocenters. The largest absolute Gasteiger partial charge is 0.338 e. The lowest BCUT2D eigenvalue weighted by molar-refractivity contribution is -0.132. The highest BCUT2D eigenvalue weighted by atomic mass is 16.2. The minimum atomic E-state index is 0.0702. The van der Waals surface area contributed by atoms with Crippen molar-refractivity contribution in [3.05, 3.63) is 60.7 Å². The van der Waals surface area contributed by atoms with Gasteiger partial charge in [-0.05, 0) is 37.3 Å². The van der Waals surface area contributed by atoms with Gasteiger partial charge in [-0.2, -0.15) is 0 Å². The normalized spacial score (nSPS) is 16.7. The third kappa shape index (κ3) is 4.39. The van der Waals surface area contributed by atoms with Crippen LogP contribution < -0.4 is 4.90 Å². The van der Waals surface area contributed by atoms with Gasteiger partial charge < -0.3 is 9.80 Å². The Balaban J connectivity index is 1.32. The first-order valence-electron chi connectivity index (χ1n) is 11.3. The van der Waals surface area contributed by atoms with Crippen molar-refractivity contribution in [2.24, 2.45) is 0 Å². The summed E-state index contributed by atoms with van der Waals surface area (Å²) in [5, 5.41) is 4.74. The molecule has 8 heteroatoms. The zero-order valence-electron chi connectivity index (χ0n) is 18.1. The molecule has 8 nitrogen and oxygen atoms in total. The third-order valence-electron chi connectivity index (χ3n) is 6.03. The van der Waals surface area contributed by atoms with Crippen LogP contribution in [0.5, 0.6) is 0 Å². The van der Waals surface area contributed by atoms with Gasteiger partial charge >= 0.3 is 0 Å². The van der Waals surface area contributed by atoms with Crippen LogP contribution in [-0.4, -0.2) is 61.7 Å². The van der Waals surface area contributed by atoms with Gasteiger partial charge in [-0.15, -0.1) is 5.10 Å². The Morgan fingerprint density at radius 2 is 1.72 bits per heavy atom. The lowest BCUT2D eigenvalue weighted by Crippen LogP contribution is -2.50. The summed E-state index contributed by atoms with van der Waals surface area (Å²) < 4.78 is 1.80. The Kier molecular flexibility index (Phi) is 5.91.